The van der Waals surface area contributed by atoms with E-state index in [0.29, 0.717) is 10.6 Å². The normalized spacial score (nSPS) is 14.4. The van der Waals surface area contributed by atoms with Crippen LogP contribution in [0.15, 0.2) is 36.9 Å². The van der Waals surface area contributed by atoms with Crippen molar-refractivity contribution in [1.82, 2.24) is 14.8 Å². The molecule has 0 aliphatic carbocycles. The number of ether oxygens (including phenoxy) is 1. The third-order valence-electron chi connectivity index (χ3n) is 3.98. The summed E-state index contributed by atoms with van der Waals surface area (Å²) < 4.78 is 6.60. The van der Waals surface area contributed by atoms with E-state index in [0.717, 1.165) is 0 Å². The van der Waals surface area contributed by atoms with Crippen molar-refractivity contribution >= 4 is 17.5 Å². The second-order valence-electron chi connectivity index (χ2n) is 5.62. The summed E-state index contributed by atoms with van der Waals surface area (Å²) in [6.45, 7) is 3.64. The maximum Gasteiger partial charge on any atom is 0.189 e. The zero-order chi connectivity index (χ0) is 16.4. The topological polar surface area (TPSA) is 84.0 Å². The Morgan fingerprint density at radius 1 is 1.36 bits per heavy atom. The Kier molecular flexibility index (Phi) is 4.53. The van der Waals surface area contributed by atoms with Gasteiger partial charge in [0.1, 0.15) is 18.3 Å². The minimum absolute atomic E-state index is 0.0231. The van der Waals surface area contributed by atoms with Crippen LogP contribution in [-0.2, 0) is 16.9 Å². The Morgan fingerprint density at radius 2 is 2.00 bits per heavy atom. The van der Waals surface area contributed by atoms with Crippen LogP contribution in [0.4, 0.5) is 0 Å². The molecule has 118 valence electrons. The van der Waals surface area contributed by atoms with Gasteiger partial charge in [-0.05, 0) is 31.5 Å². The van der Waals surface area contributed by atoms with Crippen LogP contribution < -0.4 is 0 Å². The summed E-state index contributed by atoms with van der Waals surface area (Å²) in [4.78, 5) is 3.90. The summed E-state index contributed by atoms with van der Waals surface area (Å²) in [6.07, 6.45) is 2.92. The number of methoxy groups -OCH3 is 1. The number of benzene rings is 1. The average Bonchev–Trinajstić information content (AvgIpc) is 2.99. The second kappa shape index (κ2) is 6.06. The third-order valence-corrected chi connectivity index (χ3v) is 4.24. The lowest BCUT2D eigenvalue weighted by Gasteiger charge is -2.42. The maximum absolute atomic E-state index is 11.4. The molecule has 22 heavy (non-hydrogen) atoms. The number of halogens is 1. The van der Waals surface area contributed by atoms with Crippen LogP contribution in [0.25, 0.3) is 0 Å². The lowest BCUT2D eigenvalue weighted by atomic mass is 9.70. The molecule has 0 saturated carbocycles. The van der Waals surface area contributed by atoms with Gasteiger partial charge in [-0.25, -0.2) is 9.67 Å². The first kappa shape index (κ1) is 16.5. The summed E-state index contributed by atoms with van der Waals surface area (Å²) in [5.74, 6) is -0.0231. The fourth-order valence-electron chi connectivity index (χ4n) is 2.37. The molecule has 0 radical (unpaired) electrons. The number of hydrogen-bond acceptors (Lipinski definition) is 5. The van der Waals surface area contributed by atoms with Gasteiger partial charge in [0.15, 0.2) is 5.90 Å². The highest BCUT2D eigenvalue weighted by Crippen LogP contribution is 2.42. The number of aliphatic hydroxyl groups is 1. The Bertz CT molecular complexity index is 640. The largest absolute Gasteiger partial charge is 0.484 e. The number of nitrogens with one attached hydrogen (secondary N) is 1. The van der Waals surface area contributed by atoms with Crippen LogP contribution in [-0.4, -0.2) is 32.9 Å². The highest BCUT2D eigenvalue weighted by molar-refractivity contribution is 6.30. The van der Waals surface area contributed by atoms with Crippen LogP contribution in [0, 0.1) is 10.8 Å². The second-order valence-corrected chi connectivity index (χ2v) is 6.05. The van der Waals surface area contributed by atoms with Crippen LogP contribution >= 0.6 is 11.6 Å². The van der Waals surface area contributed by atoms with E-state index in [1.54, 1.807) is 38.1 Å². The first-order chi connectivity index (χ1) is 10.3. The molecule has 1 aromatic carbocycles. The molecule has 0 aliphatic heterocycles. The van der Waals surface area contributed by atoms with Crippen molar-refractivity contribution in [1.29, 1.82) is 5.41 Å². The highest BCUT2D eigenvalue weighted by atomic mass is 35.5. The molecule has 2 aromatic rings. The zero-order valence-corrected chi connectivity index (χ0v) is 13.5. The van der Waals surface area contributed by atoms with E-state index in [-0.39, 0.29) is 12.4 Å². The molecule has 1 heterocycles. The van der Waals surface area contributed by atoms with E-state index >= 15 is 0 Å². The van der Waals surface area contributed by atoms with Gasteiger partial charge >= 0.3 is 0 Å². The third kappa shape index (κ3) is 2.84. The number of nitrogens with zero attached hydrogens (tertiary/aromatic N) is 3. The van der Waals surface area contributed by atoms with Crippen molar-refractivity contribution in [3.05, 3.63) is 47.5 Å². The lowest BCUT2D eigenvalue weighted by molar-refractivity contribution is -0.0644. The van der Waals surface area contributed by atoms with Gasteiger partial charge in [0, 0.05) is 5.02 Å². The van der Waals surface area contributed by atoms with Crippen LogP contribution in [0.1, 0.15) is 19.4 Å². The molecular weight excluding hydrogens is 304 g/mol. The van der Waals surface area contributed by atoms with E-state index in [1.165, 1.54) is 24.4 Å². The minimum Gasteiger partial charge on any atom is -0.484 e. The van der Waals surface area contributed by atoms with Crippen LogP contribution in [0.2, 0.25) is 5.02 Å². The average molecular weight is 323 g/mol. The van der Waals surface area contributed by atoms with Crippen molar-refractivity contribution in [2.75, 3.05) is 7.11 Å². The molecule has 0 spiro atoms. The molecule has 0 bridgehead atoms. The van der Waals surface area contributed by atoms with Crippen LogP contribution in [0.3, 0.4) is 0 Å². The fraction of sp³-hybridized carbons (Fsp3) is 0.400. The molecule has 2 N–H and O–H groups in total. The van der Waals surface area contributed by atoms with Gasteiger partial charge in [-0.1, -0.05) is 23.7 Å². The molecule has 1 atom stereocenters. The monoisotopic (exact) mass is 322 g/mol. The lowest BCUT2D eigenvalue weighted by Crippen LogP contribution is -2.50. The van der Waals surface area contributed by atoms with Gasteiger partial charge < -0.3 is 9.84 Å². The molecule has 7 heteroatoms. The molecule has 1 aromatic heterocycles. The first-order valence-electron chi connectivity index (χ1n) is 6.75. The van der Waals surface area contributed by atoms with E-state index in [4.69, 9.17) is 21.7 Å². The van der Waals surface area contributed by atoms with E-state index in [9.17, 15) is 5.11 Å². The molecular formula is C15H19ClN4O2. The van der Waals surface area contributed by atoms with Crippen molar-refractivity contribution < 1.29 is 9.84 Å². The fourth-order valence-corrected chi connectivity index (χ4v) is 2.49. The Morgan fingerprint density at radius 3 is 2.50 bits per heavy atom. The van der Waals surface area contributed by atoms with Crippen LogP contribution in [0.5, 0.6) is 0 Å². The quantitative estimate of drug-likeness (QED) is 0.654. The predicted octanol–water partition coefficient (Wildman–Crippen LogP) is 2.47. The standard InChI is InChI=1S/C15H19ClN4O2/c1-14(2,13(17)22-3)15(21,8-20-10-18-9-19-20)11-4-6-12(16)7-5-11/h4-7,9-10,17,21H,8H2,1-3H3. The van der Waals surface area contributed by atoms with Gasteiger partial charge in [0.2, 0.25) is 0 Å². The van der Waals surface area contributed by atoms with E-state index in [2.05, 4.69) is 10.1 Å². The van der Waals surface area contributed by atoms with Crippen molar-refractivity contribution in [2.45, 2.75) is 26.0 Å². The Labute approximate surface area is 134 Å². The number of aromatic nitrogens is 3. The molecule has 0 amide bonds. The van der Waals surface area contributed by atoms with Gasteiger partial charge in [-0.3, -0.25) is 5.41 Å². The van der Waals surface area contributed by atoms with Gasteiger partial charge in [-0.15, -0.1) is 0 Å². The minimum atomic E-state index is -1.42. The molecule has 0 saturated heterocycles. The van der Waals surface area contributed by atoms with Gasteiger partial charge in [-0.2, -0.15) is 5.10 Å². The number of rotatable bonds is 5. The van der Waals surface area contributed by atoms with Crippen molar-refractivity contribution in [2.24, 2.45) is 5.41 Å². The molecule has 2 rings (SSSR count). The summed E-state index contributed by atoms with van der Waals surface area (Å²) in [7, 11) is 1.42. The maximum atomic E-state index is 11.4. The summed E-state index contributed by atoms with van der Waals surface area (Å²) in [5.41, 5.74) is -1.78. The number of hydrogen-bond donors (Lipinski definition) is 2. The SMILES string of the molecule is COC(=N)C(C)(C)C(O)(Cn1cncn1)c1ccc(Cl)cc1. The Hall–Kier alpha value is -1.92. The van der Waals surface area contributed by atoms with Gasteiger partial charge in [0.05, 0.1) is 19.1 Å². The molecule has 0 fully saturated rings. The zero-order valence-electron chi connectivity index (χ0n) is 12.7. The smallest absolute Gasteiger partial charge is 0.189 e. The first-order valence-corrected chi connectivity index (χ1v) is 7.13. The summed E-state index contributed by atoms with van der Waals surface area (Å²) in [5, 5.41) is 24.1. The molecule has 1 unspecified atom stereocenters. The molecule has 0 aliphatic rings. The molecule has 6 nitrogen and oxygen atoms in total. The van der Waals surface area contributed by atoms with Gasteiger partial charge in [0.25, 0.3) is 0 Å². The summed E-state index contributed by atoms with van der Waals surface area (Å²) in [6, 6.07) is 6.89. The highest BCUT2D eigenvalue weighted by Gasteiger charge is 2.49. The van der Waals surface area contributed by atoms with Crippen molar-refractivity contribution in [3.63, 3.8) is 0 Å². The van der Waals surface area contributed by atoms with Crippen molar-refractivity contribution in [3.8, 4) is 0 Å². The van der Waals surface area contributed by atoms with E-state index in [1.807, 2.05) is 0 Å². The Balaban J connectivity index is 2.52. The predicted molar refractivity (Wildman–Crippen MR) is 83.9 cm³/mol. The van der Waals surface area contributed by atoms with E-state index < -0.39 is 11.0 Å². The summed E-state index contributed by atoms with van der Waals surface area (Å²) >= 11 is 5.93.